The Morgan fingerprint density at radius 3 is 2.67 bits per heavy atom. The molecule has 0 bridgehead atoms. The maximum atomic E-state index is 11.7. The van der Waals surface area contributed by atoms with Crippen molar-refractivity contribution in [3.05, 3.63) is 22.6 Å². The first-order valence-corrected chi connectivity index (χ1v) is 5.90. The molecule has 0 aliphatic carbocycles. The number of amides is 1. The van der Waals surface area contributed by atoms with Crippen LogP contribution in [0.25, 0.3) is 0 Å². The highest BCUT2D eigenvalue weighted by molar-refractivity contribution is 9.10. The van der Waals surface area contributed by atoms with E-state index in [9.17, 15) is 4.79 Å². The van der Waals surface area contributed by atoms with Gasteiger partial charge in [-0.25, -0.2) is 0 Å². The molecule has 0 aliphatic heterocycles. The quantitative estimate of drug-likeness (QED) is 0.916. The summed E-state index contributed by atoms with van der Waals surface area (Å²) in [7, 11) is 0. The van der Waals surface area contributed by atoms with E-state index in [1.165, 1.54) is 0 Å². The Kier molecular flexibility index (Phi) is 4.39. The van der Waals surface area contributed by atoms with Crippen LogP contribution in [0.4, 0.5) is 0 Å². The van der Waals surface area contributed by atoms with Crippen molar-refractivity contribution in [3.63, 3.8) is 0 Å². The summed E-state index contributed by atoms with van der Waals surface area (Å²) in [5, 5.41) is 2.91. The summed E-state index contributed by atoms with van der Waals surface area (Å²) in [6.07, 6.45) is 1.04. The van der Waals surface area contributed by atoms with Crippen molar-refractivity contribution in [2.75, 3.05) is 0 Å². The monoisotopic (exact) mass is 273 g/mol. The van der Waals surface area contributed by atoms with E-state index in [0.717, 1.165) is 6.42 Å². The van der Waals surface area contributed by atoms with Crippen LogP contribution in [0, 0.1) is 5.92 Å². The van der Waals surface area contributed by atoms with Crippen LogP contribution in [-0.2, 0) is 0 Å². The normalized spacial score (nSPS) is 14.7. The van der Waals surface area contributed by atoms with Gasteiger partial charge in [-0.3, -0.25) is 4.79 Å². The van der Waals surface area contributed by atoms with Gasteiger partial charge in [0.25, 0.3) is 5.91 Å². The molecule has 1 rings (SSSR count). The fourth-order valence-electron chi connectivity index (χ4n) is 1.21. The van der Waals surface area contributed by atoms with Gasteiger partial charge in [-0.2, -0.15) is 0 Å². The zero-order valence-electron chi connectivity index (χ0n) is 9.21. The van der Waals surface area contributed by atoms with Crippen molar-refractivity contribution in [2.24, 2.45) is 5.92 Å². The van der Waals surface area contributed by atoms with Gasteiger partial charge in [-0.15, -0.1) is 0 Å². The summed E-state index contributed by atoms with van der Waals surface area (Å²) >= 11 is 3.16. The first-order valence-electron chi connectivity index (χ1n) is 5.10. The Bertz CT molecular complexity index is 335. The minimum absolute atomic E-state index is 0.159. The summed E-state index contributed by atoms with van der Waals surface area (Å²) in [5.74, 6) is 0.651. The van der Waals surface area contributed by atoms with E-state index in [0.29, 0.717) is 16.3 Å². The van der Waals surface area contributed by atoms with Crippen LogP contribution < -0.4 is 5.32 Å². The van der Waals surface area contributed by atoms with Gasteiger partial charge in [0.15, 0.2) is 10.4 Å². The number of carbonyl (C=O) groups excluding carboxylic acids is 1. The predicted molar refractivity (Wildman–Crippen MR) is 62.8 cm³/mol. The van der Waals surface area contributed by atoms with Crippen molar-refractivity contribution >= 4 is 21.8 Å². The zero-order chi connectivity index (χ0) is 11.4. The average Bonchev–Trinajstić information content (AvgIpc) is 2.63. The summed E-state index contributed by atoms with van der Waals surface area (Å²) in [5.41, 5.74) is 0. The van der Waals surface area contributed by atoms with Gasteiger partial charge < -0.3 is 9.73 Å². The van der Waals surface area contributed by atoms with Crippen molar-refractivity contribution in [3.8, 4) is 0 Å². The number of furan rings is 1. The van der Waals surface area contributed by atoms with Crippen LogP contribution in [0.1, 0.15) is 37.7 Å². The molecule has 1 aromatic rings. The van der Waals surface area contributed by atoms with Gasteiger partial charge >= 0.3 is 0 Å². The molecule has 0 saturated carbocycles. The van der Waals surface area contributed by atoms with E-state index < -0.39 is 0 Å². The minimum Gasteiger partial charge on any atom is -0.444 e. The molecule has 4 heteroatoms. The number of rotatable bonds is 4. The minimum atomic E-state index is -0.159. The summed E-state index contributed by atoms with van der Waals surface area (Å²) in [6.45, 7) is 6.23. The lowest BCUT2D eigenvalue weighted by Crippen LogP contribution is -2.36. The number of halogens is 1. The van der Waals surface area contributed by atoms with Crippen molar-refractivity contribution < 1.29 is 9.21 Å². The Morgan fingerprint density at radius 1 is 1.53 bits per heavy atom. The van der Waals surface area contributed by atoms with E-state index in [4.69, 9.17) is 4.42 Å². The molecule has 0 saturated heterocycles. The van der Waals surface area contributed by atoms with Crippen molar-refractivity contribution in [1.29, 1.82) is 0 Å². The van der Waals surface area contributed by atoms with Gasteiger partial charge in [0.2, 0.25) is 0 Å². The second-order valence-electron chi connectivity index (χ2n) is 3.75. The molecule has 2 atom stereocenters. The van der Waals surface area contributed by atoms with E-state index in [1.54, 1.807) is 12.1 Å². The smallest absolute Gasteiger partial charge is 0.287 e. The Labute approximate surface area is 98.4 Å². The molecule has 15 heavy (non-hydrogen) atoms. The molecule has 0 fully saturated rings. The number of carbonyl (C=O) groups is 1. The molecule has 1 N–H and O–H groups in total. The predicted octanol–water partition coefficient (Wildman–Crippen LogP) is 3.21. The molecule has 1 heterocycles. The topological polar surface area (TPSA) is 42.2 Å². The summed E-state index contributed by atoms with van der Waals surface area (Å²) in [4.78, 5) is 11.7. The highest BCUT2D eigenvalue weighted by Gasteiger charge is 2.16. The lowest BCUT2D eigenvalue weighted by molar-refractivity contribution is 0.0898. The molecule has 3 nitrogen and oxygen atoms in total. The molecule has 1 amide bonds. The molecular weight excluding hydrogens is 258 g/mol. The van der Waals surface area contributed by atoms with E-state index in [2.05, 4.69) is 35.1 Å². The maximum Gasteiger partial charge on any atom is 0.287 e. The third-order valence-electron chi connectivity index (χ3n) is 2.65. The van der Waals surface area contributed by atoms with E-state index >= 15 is 0 Å². The second kappa shape index (κ2) is 5.35. The standard InChI is InChI=1S/C11H16BrNO2/c1-4-7(2)8(3)13-11(14)9-5-6-10(12)15-9/h5-8H,4H2,1-3H3,(H,13,14). The first kappa shape index (κ1) is 12.3. The molecular formula is C11H16BrNO2. The molecule has 0 aromatic carbocycles. The van der Waals surface area contributed by atoms with Gasteiger partial charge in [0.05, 0.1) is 0 Å². The first-order chi connectivity index (χ1) is 7.04. The van der Waals surface area contributed by atoms with Gasteiger partial charge in [0.1, 0.15) is 0 Å². The van der Waals surface area contributed by atoms with Gasteiger partial charge in [-0.05, 0) is 40.9 Å². The fraction of sp³-hybridized carbons (Fsp3) is 0.545. The molecule has 1 aromatic heterocycles. The molecule has 0 radical (unpaired) electrons. The fourth-order valence-corrected chi connectivity index (χ4v) is 1.52. The van der Waals surface area contributed by atoms with Crippen LogP contribution in [0.15, 0.2) is 21.2 Å². The number of nitrogens with one attached hydrogen (secondary N) is 1. The highest BCUT2D eigenvalue weighted by Crippen LogP contribution is 2.14. The Morgan fingerprint density at radius 2 is 2.20 bits per heavy atom. The largest absolute Gasteiger partial charge is 0.444 e. The van der Waals surface area contributed by atoms with Gasteiger partial charge in [0, 0.05) is 6.04 Å². The lowest BCUT2D eigenvalue weighted by atomic mass is 10.0. The third-order valence-corrected chi connectivity index (χ3v) is 3.08. The average molecular weight is 274 g/mol. The zero-order valence-corrected chi connectivity index (χ0v) is 10.8. The van der Waals surface area contributed by atoms with Crippen LogP contribution in [-0.4, -0.2) is 11.9 Å². The number of hydrogen-bond donors (Lipinski definition) is 1. The van der Waals surface area contributed by atoms with Crippen LogP contribution in [0.2, 0.25) is 0 Å². The summed E-state index contributed by atoms with van der Waals surface area (Å²) in [6, 6.07) is 3.53. The Hall–Kier alpha value is -0.770. The molecule has 2 unspecified atom stereocenters. The number of hydrogen-bond acceptors (Lipinski definition) is 2. The third kappa shape index (κ3) is 3.38. The van der Waals surface area contributed by atoms with Crippen molar-refractivity contribution in [1.82, 2.24) is 5.32 Å². The van der Waals surface area contributed by atoms with Crippen LogP contribution in [0.5, 0.6) is 0 Å². The van der Waals surface area contributed by atoms with Crippen LogP contribution >= 0.6 is 15.9 Å². The SMILES string of the molecule is CCC(C)C(C)NC(=O)c1ccc(Br)o1. The molecule has 0 aliphatic rings. The molecule has 84 valence electrons. The van der Waals surface area contributed by atoms with E-state index in [1.807, 2.05) is 6.92 Å². The highest BCUT2D eigenvalue weighted by atomic mass is 79.9. The summed E-state index contributed by atoms with van der Waals surface area (Å²) < 4.78 is 5.74. The maximum absolute atomic E-state index is 11.7. The van der Waals surface area contributed by atoms with E-state index in [-0.39, 0.29) is 11.9 Å². The lowest BCUT2D eigenvalue weighted by Gasteiger charge is -2.18. The molecule has 0 spiro atoms. The second-order valence-corrected chi connectivity index (χ2v) is 4.53. The van der Waals surface area contributed by atoms with Crippen LogP contribution in [0.3, 0.4) is 0 Å². The van der Waals surface area contributed by atoms with Gasteiger partial charge in [-0.1, -0.05) is 20.3 Å². The Balaban J connectivity index is 2.56. The van der Waals surface area contributed by atoms with Crippen molar-refractivity contribution in [2.45, 2.75) is 33.2 Å².